The lowest BCUT2D eigenvalue weighted by atomic mass is 10.1. The van der Waals surface area contributed by atoms with E-state index in [2.05, 4.69) is 5.32 Å². The number of hydrogen-bond donors (Lipinski definition) is 1. The van der Waals surface area contributed by atoms with E-state index in [0.717, 1.165) is 16.1 Å². The van der Waals surface area contributed by atoms with E-state index in [1.807, 2.05) is 37.3 Å². The number of hydrogen-bond acceptors (Lipinski definition) is 3. The lowest BCUT2D eigenvalue weighted by Crippen LogP contribution is -2.49. The van der Waals surface area contributed by atoms with E-state index in [1.165, 1.54) is 0 Å². The molecular weight excluding hydrogens is 372 g/mol. The SMILES string of the molecule is CC[C@H](C(=O)N[C@@H](C)c1ccccc1)N(c1ccc(Cl)cc1)S(C)(=O)=O. The molecule has 1 N–H and O–H groups in total. The van der Waals surface area contributed by atoms with Crippen LogP contribution in [0.2, 0.25) is 5.02 Å². The molecule has 0 spiro atoms. The molecule has 0 heterocycles. The summed E-state index contributed by atoms with van der Waals surface area (Å²) in [7, 11) is -3.66. The normalized spacial score (nSPS) is 13.7. The molecule has 0 saturated heterocycles. The summed E-state index contributed by atoms with van der Waals surface area (Å²) in [5.74, 6) is -0.343. The van der Waals surface area contributed by atoms with Crippen molar-refractivity contribution in [3.05, 3.63) is 65.2 Å². The Morgan fingerprint density at radius 1 is 1.12 bits per heavy atom. The van der Waals surface area contributed by atoms with Crippen LogP contribution in [-0.2, 0) is 14.8 Å². The van der Waals surface area contributed by atoms with E-state index >= 15 is 0 Å². The van der Waals surface area contributed by atoms with E-state index in [9.17, 15) is 13.2 Å². The zero-order chi connectivity index (χ0) is 19.3. The second-order valence-electron chi connectivity index (χ2n) is 6.10. The van der Waals surface area contributed by atoms with Crippen molar-refractivity contribution < 1.29 is 13.2 Å². The Morgan fingerprint density at radius 3 is 2.19 bits per heavy atom. The van der Waals surface area contributed by atoms with Gasteiger partial charge in [0.25, 0.3) is 0 Å². The summed E-state index contributed by atoms with van der Waals surface area (Å²) in [4.78, 5) is 12.8. The number of sulfonamides is 1. The molecular formula is C19H23ClN2O3S. The topological polar surface area (TPSA) is 66.5 Å². The lowest BCUT2D eigenvalue weighted by molar-refractivity contribution is -0.122. The highest BCUT2D eigenvalue weighted by molar-refractivity contribution is 7.92. The number of nitrogens with one attached hydrogen (secondary N) is 1. The van der Waals surface area contributed by atoms with Gasteiger partial charge in [0.1, 0.15) is 6.04 Å². The number of rotatable bonds is 7. The van der Waals surface area contributed by atoms with Crippen LogP contribution in [0.3, 0.4) is 0 Å². The molecule has 0 saturated carbocycles. The van der Waals surface area contributed by atoms with Crippen LogP contribution >= 0.6 is 11.6 Å². The first-order valence-corrected chi connectivity index (χ1v) is 10.6. The van der Waals surface area contributed by atoms with Crippen LogP contribution in [0, 0.1) is 0 Å². The molecule has 2 aromatic rings. The molecule has 0 aliphatic heterocycles. The van der Waals surface area contributed by atoms with Gasteiger partial charge in [0.05, 0.1) is 18.0 Å². The van der Waals surface area contributed by atoms with Crippen molar-refractivity contribution >= 4 is 33.2 Å². The summed E-state index contributed by atoms with van der Waals surface area (Å²) in [6.07, 6.45) is 1.43. The van der Waals surface area contributed by atoms with E-state index in [0.29, 0.717) is 17.1 Å². The van der Waals surface area contributed by atoms with Gasteiger partial charge in [-0.2, -0.15) is 0 Å². The molecule has 0 aliphatic rings. The Balaban J connectivity index is 2.29. The molecule has 2 atom stereocenters. The molecule has 0 bridgehead atoms. The van der Waals surface area contributed by atoms with Gasteiger partial charge in [0.2, 0.25) is 15.9 Å². The van der Waals surface area contributed by atoms with Crippen molar-refractivity contribution in [3.8, 4) is 0 Å². The molecule has 140 valence electrons. The number of amides is 1. The van der Waals surface area contributed by atoms with Gasteiger partial charge in [-0.15, -0.1) is 0 Å². The van der Waals surface area contributed by atoms with Gasteiger partial charge in [0, 0.05) is 5.02 Å². The number of halogens is 1. The van der Waals surface area contributed by atoms with Gasteiger partial charge in [-0.25, -0.2) is 8.42 Å². The van der Waals surface area contributed by atoms with Crippen LogP contribution in [0.1, 0.15) is 31.9 Å². The number of anilines is 1. The summed E-state index contributed by atoms with van der Waals surface area (Å²) in [6, 6.07) is 14.8. The summed E-state index contributed by atoms with van der Waals surface area (Å²) in [5, 5.41) is 3.41. The zero-order valence-corrected chi connectivity index (χ0v) is 16.6. The molecule has 5 nitrogen and oxygen atoms in total. The predicted octanol–water partition coefficient (Wildman–Crippen LogP) is 3.76. The quantitative estimate of drug-likeness (QED) is 0.777. The zero-order valence-electron chi connectivity index (χ0n) is 15.0. The van der Waals surface area contributed by atoms with E-state index in [4.69, 9.17) is 11.6 Å². The highest BCUT2D eigenvalue weighted by Crippen LogP contribution is 2.25. The summed E-state index contributed by atoms with van der Waals surface area (Å²) in [5.41, 5.74) is 1.36. The van der Waals surface area contributed by atoms with Crippen LogP contribution in [0.4, 0.5) is 5.69 Å². The third-order valence-corrected chi connectivity index (χ3v) is 5.50. The Hall–Kier alpha value is -2.05. The van der Waals surface area contributed by atoms with Crippen molar-refractivity contribution in [3.63, 3.8) is 0 Å². The summed E-state index contributed by atoms with van der Waals surface area (Å²) >= 11 is 5.90. The maximum Gasteiger partial charge on any atom is 0.244 e. The minimum absolute atomic E-state index is 0.232. The first kappa shape index (κ1) is 20.3. The van der Waals surface area contributed by atoms with Crippen LogP contribution in [-0.4, -0.2) is 26.6 Å². The molecule has 0 aliphatic carbocycles. The minimum atomic E-state index is -3.66. The smallest absolute Gasteiger partial charge is 0.244 e. The van der Waals surface area contributed by atoms with Gasteiger partial charge in [-0.1, -0.05) is 48.9 Å². The summed E-state index contributed by atoms with van der Waals surface area (Å²) < 4.78 is 25.9. The van der Waals surface area contributed by atoms with Crippen molar-refractivity contribution in [2.24, 2.45) is 0 Å². The van der Waals surface area contributed by atoms with Gasteiger partial charge >= 0.3 is 0 Å². The van der Waals surface area contributed by atoms with Crippen LogP contribution < -0.4 is 9.62 Å². The molecule has 0 aromatic heterocycles. The van der Waals surface area contributed by atoms with E-state index in [1.54, 1.807) is 31.2 Å². The number of benzene rings is 2. The number of nitrogens with zero attached hydrogens (tertiary/aromatic N) is 1. The van der Waals surface area contributed by atoms with Crippen molar-refractivity contribution in [1.29, 1.82) is 0 Å². The first-order valence-electron chi connectivity index (χ1n) is 8.34. The van der Waals surface area contributed by atoms with Gasteiger partial charge in [0.15, 0.2) is 0 Å². The average Bonchev–Trinajstić information content (AvgIpc) is 2.60. The molecule has 0 unspecified atom stereocenters. The standard InChI is InChI=1S/C19H23ClN2O3S/c1-4-18(19(23)21-14(2)15-8-6-5-7-9-15)22(26(3,24)25)17-12-10-16(20)11-13-17/h5-14,18H,4H2,1-3H3,(H,21,23)/t14-,18+/m0/s1. The largest absolute Gasteiger partial charge is 0.348 e. The molecule has 0 radical (unpaired) electrons. The van der Waals surface area contributed by atoms with Gasteiger partial charge in [-0.3, -0.25) is 9.10 Å². The van der Waals surface area contributed by atoms with E-state index < -0.39 is 16.1 Å². The molecule has 2 rings (SSSR count). The highest BCUT2D eigenvalue weighted by atomic mass is 35.5. The highest BCUT2D eigenvalue weighted by Gasteiger charge is 2.32. The predicted molar refractivity (Wildman–Crippen MR) is 106 cm³/mol. The van der Waals surface area contributed by atoms with Crippen molar-refractivity contribution in [2.75, 3.05) is 10.6 Å². The van der Waals surface area contributed by atoms with Gasteiger partial charge < -0.3 is 5.32 Å². The Kier molecular flexibility index (Phi) is 6.67. The van der Waals surface area contributed by atoms with Crippen molar-refractivity contribution in [1.82, 2.24) is 5.32 Å². The Bertz CT molecular complexity index is 839. The fraction of sp³-hybridized carbons (Fsp3) is 0.316. The van der Waals surface area contributed by atoms with Gasteiger partial charge in [-0.05, 0) is 43.2 Å². The Morgan fingerprint density at radius 2 is 1.69 bits per heavy atom. The van der Waals surface area contributed by atoms with Crippen LogP contribution in [0.15, 0.2) is 54.6 Å². The molecule has 2 aromatic carbocycles. The maximum atomic E-state index is 12.8. The lowest BCUT2D eigenvalue weighted by Gasteiger charge is -2.31. The average molecular weight is 395 g/mol. The maximum absolute atomic E-state index is 12.8. The second-order valence-corrected chi connectivity index (χ2v) is 8.40. The van der Waals surface area contributed by atoms with Crippen LogP contribution in [0.25, 0.3) is 0 Å². The third-order valence-electron chi connectivity index (χ3n) is 4.07. The molecule has 7 heteroatoms. The molecule has 26 heavy (non-hydrogen) atoms. The molecule has 0 fully saturated rings. The first-order chi connectivity index (χ1) is 12.2. The van der Waals surface area contributed by atoms with Crippen LogP contribution in [0.5, 0.6) is 0 Å². The third kappa shape index (κ3) is 4.99. The molecule has 1 amide bonds. The fourth-order valence-electron chi connectivity index (χ4n) is 2.78. The summed E-state index contributed by atoms with van der Waals surface area (Å²) in [6.45, 7) is 3.65. The monoisotopic (exact) mass is 394 g/mol. The Labute approximate surface area is 160 Å². The second kappa shape index (κ2) is 8.56. The number of carbonyl (C=O) groups is 1. The minimum Gasteiger partial charge on any atom is -0.348 e. The van der Waals surface area contributed by atoms with Crippen molar-refractivity contribution in [2.45, 2.75) is 32.4 Å². The number of carbonyl (C=O) groups excluding carboxylic acids is 1. The van der Waals surface area contributed by atoms with E-state index in [-0.39, 0.29) is 11.9 Å². The fourth-order valence-corrected chi connectivity index (χ4v) is 4.12.